The molecule has 0 aromatic carbocycles. The van der Waals surface area contributed by atoms with Gasteiger partial charge in [0, 0.05) is 5.41 Å². The standard InChI is InChI=1S/C12H27N3O2/c1-10(16)6-9-14-8-5-4-7-12(2,3)11(13)15-17/h10,14,16-17H,4-9H2,1-3H3,(H2,13,15). The molecule has 0 saturated carbocycles. The maximum Gasteiger partial charge on any atom is 0.144 e. The first kappa shape index (κ1) is 16.2. The molecule has 0 fully saturated rings. The van der Waals surface area contributed by atoms with Gasteiger partial charge >= 0.3 is 0 Å². The Morgan fingerprint density at radius 2 is 2.00 bits per heavy atom. The van der Waals surface area contributed by atoms with Crippen molar-refractivity contribution in [3.05, 3.63) is 0 Å². The summed E-state index contributed by atoms with van der Waals surface area (Å²) in [6.45, 7) is 7.54. The minimum absolute atomic E-state index is 0.234. The van der Waals surface area contributed by atoms with Crippen LogP contribution < -0.4 is 11.1 Å². The molecule has 0 heterocycles. The van der Waals surface area contributed by atoms with Crippen LogP contribution in [-0.2, 0) is 0 Å². The SMILES string of the molecule is CC(O)CCNCCCCC(C)(C)C(N)=NO. The summed E-state index contributed by atoms with van der Waals surface area (Å²) in [5, 5.41) is 24.0. The monoisotopic (exact) mass is 245 g/mol. The summed E-state index contributed by atoms with van der Waals surface area (Å²) in [4.78, 5) is 0. The lowest BCUT2D eigenvalue weighted by atomic mass is 9.86. The number of rotatable bonds is 9. The van der Waals surface area contributed by atoms with E-state index in [4.69, 9.17) is 16.0 Å². The normalized spacial score (nSPS) is 14.9. The molecule has 102 valence electrons. The molecule has 5 heteroatoms. The van der Waals surface area contributed by atoms with Gasteiger partial charge in [-0.1, -0.05) is 25.4 Å². The predicted molar refractivity (Wildman–Crippen MR) is 70.2 cm³/mol. The van der Waals surface area contributed by atoms with Gasteiger partial charge in [-0.25, -0.2) is 0 Å². The molecule has 0 aromatic heterocycles. The Kier molecular flexibility index (Phi) is 7.91. The average Bonchev–Trinajstić information content (AvgIpc) is 2.26. The van der Waals surface area contributed by atoms with Crippen LogP contribution in [0.4, 0.5) is 0 Å². The Bertz CT molecular complexity index is 228. The summed E-state index contributed by atoms with van der Waals surface area (Å²) < 4.78 is 0. The fourth-order valence-electron chi connectivity index (χ4n) is 1.52. The van der Waals surface area contributed by atoms with E-state index < -0.39 is 0 Å². The first-order valence-electron chi connectivity index (χ1n) is 6.27. The highest BCUT2D eigenvalue weighted by Crippen LogP contribution is 2.22. The fourth-order valence-corrected chi connectivity index (χ4v) is 1.52. The number of aliphatic hydroxyl groups excluding tert-OH is 1. The lowest BCUT2D eigenvalue weighted by Gasteiger charge is -2.22. The van der Waals surface area contributed by atoms with E-state index in [9.17, 15) is 0 Å². The second-order valence-corrected chi connectivity index (χ2v) is 5.21. The summed E-state index contributed by atoms with van der Waals surface area (Å²) in [6, 6.07) is 0. The van der Waals surface area contributed by atoms with Crippen LogP contribution in [0, 0.1) is 5.41 Å². The Morgan fingerprint density at radius 3 is 2.53 bits per heavy atom. The van der Waals surface area contributed by atoms with E-state index in [0.717, 1.165) is 38.8 Å². The zero-order valence-corrected chi connectivity index (χ0v) is 11.2. The van der Waals surface area contributed by atoms with Crippen molar-refractivity contribution in [1.82, 2.24) is 5.32 Å². The summed E-state index contributed by atoms with van der Waals surface area (Å²) in [5.74, 6) is 0.291. The lowest BCUT2D eigenvalue weighted by molar-refractivity contribution is 0.184. The summed E-state index contributed by atoms with van der Waals surface area (Å²) in [7, 11) is 0. The molecule has 0 aliphatic carbocycles. The highest BCUT2D eigenvalue weighted by atomic mass is 16.4. The van der Waals surface area contributed by atoms with Gasteiger partial charge in [0.1, 0.15) is 5.84 Å². The van der Waals surface area contributed by atoms with Crippen molar-refractivity contribution in [1.29, 1.82) is 0 Å². The smallest absolute Gasteiger partial charge is 0.144 e. The first-order chi connectivity index (χ1) is 7.90. The van der Waals surface area contributed by atoms with Gasteiger partial charge in [0.2, 0.25) is 0 Å². The van der Waals surface area contributed by atoms with E-state index in [-0.39, 0.29) is 11.5 Å². The van der Waals surface area contributed by atoms with Crippen LogP contribution >= 0.6 is 0 Å². The van der Waals surface area contributed by atoms with Crippen molar-refractivity contribution in [3.63, 3.8) is 0 Å². The Balaban J connectivity index is 3.52. The molecule has 0 aliphatic rings. The van der Waals surface area contributed by atoms with Crippen LogP contribution in [0.2, 0.25) is 0 Å². The zero-order valence-electron chi connectivity index (χ0n) is 11.2. The molecule has 5 N–H and O–H groups in total. The lowest BCUT2D eigenvalue weighted by Crippen LogP contribution is -2.32. The van der Waals surface area contributed by atoms with Crippen molar-refractivity contribution in [3.8, 4) is 0 Å². The quantitative estimate of drug-likeness (QED) is 0.162. The third kappa shape index (κ3) is 7.99. The van der Waals surface area contributed by atoms with E-state index >= 15 is 0 Å². The number of unbranched alkanes of at least 4 members (excludes halogenated alkanes) is 1. The van der Waals surface area contributed by atoms with E-state index in [1.807, 2.05) is 13.8 Å². The highest BCUT2D eigenvalue weighted by Gasteiger charge is 2.22. The van der Waals surface area contributed by atoms with Crippen LogP contribution in [-0.4, -0.2) is 35.3 Å². The summed E-state index contributed by atoms with van der Waals surface area (Å²) in [6.07, 6.45) is 3.55. The Labute approximate surface area is 104 Å². The van der Waals surface area contributed by atoms with E-state index in [1.54, 1.807) is 6.92 Å². The van der Waals surface area contributed by atoms with Crippen LogP contribution in [0.25, 0.3) is 0 Å². The minimum Gasteiger partial charge on any atom is -0.409 e. The second kappa shape index (κ2) is 8.31. The average molecular weight is 245 g/mol. The number of hydrogen-bond acceptors (Lipinski definition) is 4. The maximum absolute atomic E-state index is 9.06. The molecule has 0 radical (unpaired) electrons. The molecule has 5 nitrogen and oxygen atoms in total. The topological polar surface area (TPSA) is 90.9 Å². The van der Waals surface area contributed by atoms with Crippen LogP contribution in [0.1, 0.15) is 46.5 Å². The number of nitrogens with two attached hydrogens (primary N) is 1. The highest BCUT2D eigenvalue weighted by molar-refractivity contribution is 5.85. The molecule has 0 bridgehead atoms. The van der Waals surface area contributed by atoms with Gasteiger partial charge in [-0.15, -0.1) is 0 Å². The van der Waals surface area contributed by atoms with Crippen molar-refractivity contribution >= 4 is 5.84 Å². The fraction of sp³-hybridized carbons (Fsp3) is 0.917. The molecule has 0 aliphatic heterocycles. The molecule has 0 saturated heterocycles. The molecule has 0 aromatic rings. The molecule has 0 rings (SSSR count). The van der Waals surface area contributed by atoms with Gasteiger partial charge in [-0.05, 0) is 39.3 Å². The summed E-state index contributed by atoms with van der Waals surface area (Å²) in [5.41, 5.74) is 5.36. The number of nitrogens with zero attached hydrogens (tertiary/aromatic N) is 1. The molecule has 0 amide bonds. The van der Waals surface area contributed by atoms with Crippen molar-refractivity contribution in [2.75, 3.05) is 13.1 Å². The van der Waals surface area contributed by atoms with Gasteiger partial charge < -0.3 is 21.4 Å². The van der Waals surface area contributed by atoms with Crippen LogP contribution in [0.15, 0.2) is 5.16 Å². The Hall–Kier alpha value is -0.810. The number of amidine groups is 1. The van der Waals surface area contributed by atoms with Gasteiger partial charge in [0.15, 0.2) is 0 Å². The first-order valence-corrected chi connectivity index (χ1v) is 6.27. The van der Waals surface area contributed by atoms with E-state index in [0.29, 0.717) is 5.84 Å². The molecule has 17 heavy (non-hydrogen) atoms. The molecular weight excluding hydrogens is 218 g/mol. The number of aliphatic hydroxyl groups is 1. The molecule has 1 unspecified atom stereocenters. The van der Waals surface area contributed by atoms with Crippen molar-refractivity contribution < 1.29 is 10.3 Å². The number of hydrogen-bond donors (Lipinski definition) is 4. The molecule has 0 spiro atoms. The molecule has 1 atom stereocenters. The van der Waals surface area contributed by atoms with Crippen LogP contribution in [0.3, 0.4) is 0 Å². The zero-order chi connectivity index (χ0) is 13.3. The largest absolute Gasteiger partial charge is 0.409 e. The minimum atomic E-state index is -0.242. The van der Waals surface area contributed by atoms with E-state index in [1.165, 1.54) is 0 Å². The van der Waals surface area contributed by atoms with Crippen molar-refractivity contribution in [2.45, 2.75) is 52.6 Å². The van der Waals surface area contributed by atoms with E-state index in [2.05, 4.69) is 10.5 Å². The van der Waals surface area contributed by atoms with Crippen LogP contribution in [0.5, 0.6) is 0 Å². The molecular formula is C12H27N3O2. The van der Waals surface area contributed by atoms with Gasteiger partial charge in [-0.2, -0.15) is 0 Å². The van der Waals surface area contributed by atoms with Gasteiger partial charge in [-0.3, -0.25) is 0 Å². The maximum atomic E-state index is 9.06. The predicted octanol–water partition coefficient (Wildman–Crippen LogP) is 1.29. The Morgan fingerprint density at radius 1 is 1.35 bits per heavy atom. The van der Waals surface area contributed by atoms with Gasteiger partial charge in [0.25, 0.3) is 0 Å². The second-order valence-electron chi connectivity index (χ2n) is 5.21. The third-order valence-electron chi connectivity index (χ3n) is 2.95. The van der Waals surface area contributed by atoms with Crippen molar-refractivity contribution in [2.24, 2.45) is 16.3 Å². The summed E-state index contributed by atoms with van der Waals surface area (Å²) >= 11 is 0. The number of oxime groups is 1. The number of nitrogens with one attached hydrogen (secondary N) is 1. The van der Waals surface area contributed by atoms with Gasteiger partial charge in [0.05, 0.1) is 6.10 Å². The third-order valence-corrected chi connectivity index (χ3v) is 2.95.